The molecule has 1 saturated heterocycles. The second-order valence-electron chi connectivity index (χ2n) is 6.71. The predicted molar refractivity (Wildman–Crippen MR) is 105 cm³/mol. The zero-order chi connectivity index (χ0) is 19.7. The maximum atomic E-state index is 13.4. The number of rotatable bonds is 4. The predicted octanol–water partition coefficient (Wildman–Crippen LogP) is 2.92. The van der Waals surface area contributed by atoms with E-state index in [2.05, 4.69) is 10.2 Å². The number of carbonyl (C=O) groups excluding carboxylic acids is 1. The number of likely N-dealkylation sites (tertiary alicyclic amines) is 1. The summed E-state index contributed by atoms with van der Waals surface area (Å²) in [7, 11) is 3.23. The van der Waals surface area contributed by atoms with Crippen LogP contribution in [0, 0.1) is 0 Å². The van der Waals surface area contributed by atoms with Crippen molar-refractivity contribution in [2.75, 3.05) is 20.8 Å². The lowest BCUT2D eigenvalue weighted by Crippen LogP contribution is -2.32. The Kier molecular flexibility index (Phi) is 4.73. The van der Waals surface area contributed by atoms with E-state index in [4.69, 9.17) is 9.47 Å². The van der Waals surface area contributed by atoms with Crippen molar-refractivity contribution in [3.8, 4) is 11.5 Å². The number of fused-ring (bicyclic) bond motifs is 1. The van der Waals surface area contributed by atoms with Gasteiger partial charge in [-0.05, 0) is 37.1 Å². The number of H-pyrrole nitrogens is 1. The number of ether oxygens (including phenoxy) is 2. The van der Waals surface area contributed by atoms with Crippen molar-refractivity contribution in [3.63, 3.8) is 0 Å². The Hall–Kier alpha value is -3.35. The number of hydrogen-bond acceptors (Lipinski definition) is 5. The second-order valence-corrected chi connectivity index (χ2v) is 6.71. The lowest BCUT2D eigenvalue weighted by molar-refractivity contribution is 0.0729. The highest BCUT2D eigenvalue weighted by Crippen LogP contribution is 2.39. The minimum absolute atomic E-state index is 0.148. The topological polar surface area (TPSA) is 84.5 Å². The number of aromatic amines is 1. The lowest BCUT2D eigenvalue weighted by atomic mass is 10.0. The largest absolute Gasteiger partial charge is 0.497 e. The van der Waals surface area contributed by atoms with Gasteiger partial charge in [-0.3, -0.25) is 9.59 Å². The quantitative estimate of drug-likeness (QED) is 0.753. The van der Waals surface area contributed by atoms with Crippen LogP contribution in [0.4, 0.5) is 0 Å². The van der Waals surface area contributed by atoms with Crippen molar-refractivity contribution in [1.82, 2.24) is 15.1 Å². The number of hydrogen-bond donors (Lipinski definition) is 1. The van der Waals surface area contributed by atoms with Crippen LogP contribution in [0.15, 0.2) is 47.3 Å². The number of aromatic nitrogens is 2. The summed E-state index contributed by atoms with van der Waals surface area (Å²) in [6.45, 7) is 0.610. The molecule has 0 spiro atoms. The zero-order valence-electron chi connectivity index (χ0n) is 15.8. The van der Waals surface area contributed by atoms with Crippen molar-refractivity contribution in [2.24, 2.45) is 0 Å². The van der Waals surface area contributed by atoms with Crippen LogP contribution in [0.2, 0.25) is 0 Å². The van der Waals surface area contributed by atoms with E-state index in [1.165, 1.54) is 0 Å². The van der Waals surface area contributed by atoms with Gasteiger partial charge in [-0.1, -0.05) is 18.2 Å². The van der Waals surface area contributed by atoms with Crippen molar-refractivity contribution >= 4 is 16.7 Å². The lowest BCUT2D eigenvalue weighted by Gasteiger charge is -2.26. The fourth-order valence-corrected chi connectivity index (χ4v) is 3.85. The molecule has 1 amide bonds. The molecule has 4 rings (SSSR count). The molecule has 144 valence electrons. The SMILES string of the molecule is COc1ccc(OC)c([C@H]2CCCN2C(=O)c2n[nH]c(=O)c3ccccc23)c1. The number of nitrogens with zero attached hydrogens (tertiary/aromatic N) is 2. The van der Waals surface area contributed by atoms with E-state index >= 15 is 0 Å². The summed E-state index contributed by atoms with van der Waals surface area (Å²) >= 11 is 0. The van der Waals surface area contributed by atoms with E-state index in [-0.39, 0.29) is 23.2 Å². The van der Waals surface area contributed by atoms with Crippen LogP contribution >= 0.6 is 0 Å². The van der Waals surface area contributed by atoms with Crippen LogP contribution in [0.1, 0.15) is 34.9 Å². The third-order valence-electron chi connectivity index (χ3n) is 5.21. The summed E-state index contributed by atoms with van der Waals surface area (Å²) in [5.74, 6) is 1.22. The molecule has 0 bridgehead atoms. The van der Waals surface area contributed by atoms with Gasteiger partial charge in [0, 0.05) is 17.5 Å². The van der Waals surface area contributed by atoms with Crippen LogP contribution in [0.5, 0.6) is 11.5 Å². The normalized spacial score (nSPS) is 16.4. The highest BCUT2D eigenvalue weighted by Gasteiger charge is 2.34. The molecular weight excluding hydrogens is 358 g/mol. The number of methoxy groups -OCH3 is 2. The standard InChI is InChI=1S/C21H21N3O4/c1-27-13-9-10-18(28-2)16(12-13)17-8-5-11-24(17)21(26)19-14-6-3-4-7-15(14)20(25)23-22-19/h3-4,6-7,9-10,12,17H,5,8,11H2,1-2H3,(H,23,25)/t17-/m1/s1. The van der Waals surface area contributed by atoms with E-state index < -0.39 is 0 Å². The first-order valence-electron chi connectivity index (χ1n) is 9.14. The Bertz CT molecular complexity index is 1090. The molecule has 1 aliphatic rings. The smallest absolute Gasteiger partial charge is 0.275 e. The number of carbonyl (C=O) groups is 1. The number of benzene rings is 2. The van der Waals surface area contributed by atoms with Gasteiger partial charge in [0.15, 0.2) is 5.69 Å². The maximum Gasteiger partial charge on any atom is 0.275 e. The Morgan fingerprint density at radius 2 is 1.93 bits per heavy atom. The minimum atomic E-state index is -0.306. The van der Waals surface area contributed by atoms with Gasteiger partial charge in [0.2, 0.25) is 0 Å². The molecule has 1 aliphatic heterocycles. The minimum Gasteiger partial charge on any atom is -0.497 e. The number of amides is 1. The molecule has 7 heteroatoms. The van der Waals surface area contributed by atoms with Crippen LogP contribution in [0.25, 0.3) is 10.8 Å². The van der Waals surface area contributed by atoms with Gasteiger partial charge in [-0.15, -0.1) is 0 Å². The molecule has 7 nitrogen and oxygen atoms in total. The Balaban J connectivity index is 1.77. The van der Waals surface area contributed by atoms with Crippen molar-refractivity contribution in [2.45, 2.75) is 18.9 Å². The first-order chi connectivity index (χ1) is 13.6. The Morgan fingerprint density at radius 3 is 2.68 bits per heavy atom. The van der Waals surface area contributed by atoms with Crippen molar-refractivity contribution in [1.29, 1.82) is 0 Å². The van der Waals surface area contributed by atoms with Crippen molar-refractivity contribution < 1.29 is 14.3 Å². The molecule has 28 heavy (non-hydrogen) atoms. The van der Waals surface area contributed by atoms with Crippen LogP contribution < -0.4 is 15.0 Å². The molecule has 0 saturated carbocycles. The highest BCUT2D eigenvalue weighted by atomic mass is 16.5. The molecule has 1 atom stereocenters. The second kappa shape index (κ2) is 7.34. The Labute approximate surface area is 161 Å². The monoisotopic (exact) mass is 379 g/mol. The molecule has 0 aliphatic carbocycles. The first-order valence-corrected chi connectivity index (χ1v) is 9.14. The van der Waals surface area contributed by atoms with Gasteiger partial charge in [0.25, 0.3) is 11.5 Å². The Morgan fingerprint density at radius 1 is 1.14 bits per heavy atom. The highest BCUT2D eigenvalue weighted by molar-refractivity contribution is 6.05. The van der Waals surface area contributed by atoms with E-state index in [0.29, 0.717) is 28.8 Å². The summed E-state index contributed by atoms with van der Waals surface area (Å²) in [5, 5.41) is 7.52. The molecule has 1 aromatic heterocycles. The summed E-state index contributed by atoms with van der Waals surface area (Å²) in [6, 6.07) is 12.5. The summed E-state index contributed by atoms with van der Waals surface area (Å²) in [4.78, 5) is 27.2. The zero-order valence-corrected chi connectivity index (χ0v) is 15.8. The van der Waals surface area contributed by atoms with Gasteiger partial charge >= 0.3 is 0 Å². The van der Waals surface area contributed by atoms with Crippen molar-refractivity contribution in [3.05, 3.63) is 64.1 Å². The van der Waals surface area contributed by atoms with Crippen LogP contribution in [-0.2, 0) is 0 Å². The van der Waals surface area contributed by atoms with Gasteiger partial charge < -0.3 is 14.4 Å². The van der Waals surface area contributed by atoms with E-state index in [1.54, 1.807) is 43.4 Å². The molecular formula is C21H21N3O4. The fourth-order valence-electron chi connectivity index (χ4n) is 3.85. The molecule has 3 aromatic rings. The summed E-state index contributed by atoms with van der Waals surface area (Å²) in [6.07, 6.45) is 1.69. The van der Waals surface area contributed by atoms with Gasteiger partial charge in [0.1, 0.15) is 11.5 Å². The van der Waals surface area contributed by atoms with Gasteiger partial charge in [-0.25, -0.2) is 5.10 Å². The molecule has 2 aromatic carbocycles. The summed E-state index contributed by atoms with van der Waals surface area (Å²) in [5.41, 5.74) is 0.852. The average molecular weight is 379 g/mol. The molecule has 0 radical (unpaired) electrons. The van der Waals surface area contributed by atoms with E-state index in [1.807, 2.05) is 18.2 Å². The maximum absolute atomic E-state index is 13.4. The van der Waals surface area contributed by atoms with Crippen LogP contribution in [-0.4, -0.2) is 41.8 Å². The fraction of sp³-hybridized carbons (Fsp3) is 0.286. The van der Waals surface area contributed by atoms with Gasteiger partial charge in [-0.2, -0.15) is 5.10 Å². The summed E-state index contributed by atoms with van der Waals surface area (Å²) < 4.78 is 10.9. The van der Waals surface area contributed by atoms with E-state index in [0.717, 1.165) is 18.4 Å². The average Bonchev–Trinajstić information content (AvgIpc) is 3.23. The third kappa shape index (κ3) is 2.98. The first kappa shape index (κ1) is 18.0. The molecule has 1 fully saturated rings. The molecule has 2 heterocycles. The molecule has 0 unspecified atom stereocenters. The van der Waals surface area contributed by atoms with Crippen LogP contribution in [0.3, 0.4) is 0 Å². The van der Waals surface area contributed by atoms with Gasteiger partial charge in [0.05, 0.1) is 25.6 Å². The molecule has 1 N–H and O–H groups in total. The number of nitrogens with one attached hydrogen (secondary N) is 1. The van der Waals surface area contributed by atoms with E-state index in [9.17, 15) is 9.59 Å². The third-order valence-corrected chi connectivity index (χ3v) is 5.21.